The first-order valence-electron chi connectivity index (χ1n) is 20.0. The fourth-order valence-electron chi connectivity index (χ4n) is 5.62. The standard InChI is InChI=1S/C43H79NO2/c1-6-8-10-12-14-16-18-20-22-24-26-28-30-32-34-37-42(46-43(45)39-36-40-44(5)41(3)4)38-35-33-31-29-27-25-23-21-19-17-15-13-11-9-7-2/h14-18,20-21,23,41-42H,6-13,19,22,24-40H2,1-5H3/b16-14-,17-15-,20-18+,23-21+. The summed E-state index contributed by atoms with van der Waals surface area (Å²) >= 11 is 0. The lowest BCUT2D eigenvalue weighted by molar-refractivity contribution is -0.150. The van der Waals surface area contributed by atoms with E-state index in [2.05, 4.69) is 88.3 Å². The molecule has 0 fully saturated rings. The van der Waals surface area contributed by atoms with Gasteiger partial charge in [0.1, 0.15) is 6.10 Å². The van der Waals surface area contributed by atoms with Crippen LogP contribution in [0.15, 0.2) is 48.6 Å². The van der Waals surface area contributed by atoms with Crippen molar-refractivity contribution < 1.29 is 9.53 Å². The summed E-state index contributed by atoms with van der Waals surface area (Å²) in [5.41, 5.74) is 0. The molecule has 0 saturated heterocycles. The molecule has 1 atom stereocenters. The lowest BCUT2D eigenvalue weighted by atomic mass is 10.0. The molecular formula is C43H79NO2. The molecule has 0 aliphatic carbocycles. The zero-order chi connectivity index (χ0) is 33.8. The zero-order valence-electron chi connectivity index (χ0n) is 31.6. The number of carbonyl (C=O) groups is 1. The van der Waals surface area contributed by atoms with Crippen LogP contribution in [0.25, 0.3) is 0 Å². The molecule has 0 heterocycles. The number of rotatable bonds is 34. The van der Waals surface area contributed by atoms with Crippen LogP contribution in [0.3, 0.4) is 0 Å². The van der Waals surface area contributed by atoms with Crippen LogP contribution in [0, 0.1) is 0 Å². The number of hydrogen-bond donors (Lipinski definition) is 0. The third-order valence-electron chi connectivity index (χ3n) is 9.05. The largest absolute Gasteiger partial charge is 0.462 e. The third kappa shape index (κ3) is 33.7. The van der Waals surface area contributed by atoms with Crippen molar-refractivity contribution >= 4 is 5.97 Å². The van der Waals surface area contributed by atoms with E-state index in [0.29, 0.717) is 12.5 Å². The molecule has 0 saturated carbocycles. The summed E-state index contributed by atoms with van der Waals surface area (Å²) in [4.78, 5) is 15.0. The van der Waals surface area contributed by atoms with Crippen molar-refractivity contribution in [1.29, 1.82) is 0 Å². The van der Waals surface area contributed by atoms with E-state index in [1.54, 1.807) is 0 Å². The Kier molecular flexibility index (Phi) is 35.0. The normalized spacial score (nSPS) is 13.1. The highest BCUT2D eigenvalue weighted by atomic mass is 16.5. The molecule has 0 aliphatic heterocycles. The first kappa shape index (κ1) is 44.4. The Morgan fingerprint density at radius 1 is 0.565 bits per heavy atom. The average Bonchev–Trinajstić information content (AvgIpc) is 3.04. The second-order valence-corrected chi connectivity index (χ2v) is 13.9. The van der Waals surface area contributed by atoms with Gasteiger partial charge >= 0.3 is 5.97 Å². The van der Waals surface area contributed by atoms with E-state index < -0.39 is 0 Å². The van der Waals surface area contributed by atoms with Gasteiger partial charge in [-0.3, -0.25) is 4.79 Å². The minimum Gasteiger partial charge on any atom is -0.462 e. The Balaban J connectivity index is 4.17. The van der Waals surface area contributed by atoms with Gasteiger partial charge in [-0.05, 0) is 117 Å². The van der Waals surface area contributed by atoms with Gasteiger partial charge in [0.2, 0.25) is 0 Å². The Morgan fingerprint density at radius 2 is 1.00 bits per heavy atom. The van der Waals surface area contributed by atoms with E-state index in [1.807, 2.05) is 0 Å². The second-order valence-electron chi connectivity index (χ2n) is 13.9. The molecule has 0 radical (unpaired) electrons. The summed E-state index contributed by atoms with van der Waals surface area (Å²) in [6, 6.07) is 0.515. The fourth-order valence-corrected chi connectivity index (χ4v) is 5.62. The third-order valence-corrected chi connectivity index (χ3v) is 9.05. The maximum Gasteiger partial charge on any atom is 0.306 e. The van der Waals surface area contributed by atoms with E-state index in [1.165, 1.54) is 135 Å². The number of esters is 1. The van der Waals surface area contributed by atoms with Crippen LogP contribution < -0.4 is 0 Å². The van der Waals surface area contributed by atoms with Gasteiger partial charge in [0, 0.05) is 12.5 Å². The molecule has 0 N–H and O–H groups in total. The number of carbonyl (C=O) groups excluding carboxylic acids is 1. The van der Waals surface area contributed by atoms with Crippen molar-refractivity contribution in [1.82, 2.24) is 4.90 Å². The van der Waals surface area contributed by atoms with E-state index in [9.17, 15) is 4.79 Å². The summed E-state index contributed by atoms with van der Waals surface area (Å²) in [5.74, 6) is 0.00797. The molecule has 0 aromatic carbocycles. The maximum atomic E-state index is 12.7. The summed E-state index contributed by atoms with van der Waals surface area (Å²) in [6.45, 7) is 9.87. The van der Waals surface area contributed by atoms with Crippen LogP contribution in [-0.4, -0.2) is 36.6 Å². The molecule has 0 bridgehead atoms. The van der Waals surface area contributed by atoms with Crippen LogP contribution >= 0.6 is 0 Å². The summed E-state index contributed by atoms with van der Waals surface area (Å²) < 4.78 is 6.05. The highest BCUT2D eigenvalue weighted by molar-refractivity contribution is 5.69. The molecule has 0 rings (SSSR count). The first-order valence-corrected chi connectivity index (χ1v) is 20.0. The summed E-state index contributed by atoms with van der Waals surface area (Å²) in [7, 11) is 2.13. The monoisotopic (exact) mass is 642 g/mol. The molecule has 0 aromatic heterocycles. The summed E-state index contributed by atoms with van der Waals surface area (Å²) in [5, 5.41) is 0. The highest BCUT2D eigenvalue weighted by Crippen LogP contribution is 2.18. The number of unbranched alkanes of at least 4 members (excludes halogenated alkanes) is 17. The lowest BCUT2D eigenvalue weighted by Gasteiger charge is -2.21. The van der Waals surface area contributed by atoms with Gasteiger partial charge in [-0.1, -0.05) is 133 Å². The predicted octanol–water partition coefficient (Wildman–Crippen LogP) is 13.6. The van der Waals surface area contributed by atoms with Crippen molar-refractivity contribution in [2.45, 2.75) is 207 Å². The van der Waals surface area contributed by atoms with Crippen LogP contribution in [0.1, 0.15) is 195 Å². The molecule has 1 unspecified atom stereocenters. The van der Waals surface area contributed by atoms with Gasteiger partial charge in [-0.2, -0.15) is 0 Å². The Labute approximate surface area is 288 Å². The minimum atomic E-state index is 0.00797. The maximum absolute atomic E-state index is 12.7. The van der Waals surface area contributed by atoms with Crippen molar-refractivity contribution in [2.24, 2.45) is 0 Å². The van der Waals surface area contributed by atoms with Crippen molar-refractivity contribution in [2.75, 3.05) is 13.6 Å². The van der Waals surface area contributed by atoms with Crippen LogP contribution in [0.2, 0.25) is 0 Å². The van der Waals surface area contributed by atoms with Crippen LogP contribution in [0.5, 0.6) is 0 Å². The van der Waals surface area contributed by atoms with E-state index in [0.717, 1.165) is 32.2 Å². The molecule has 0 spiro atoms. The molecule has 0 amide bonds. The molecule has 0 aromatic rings. The SMILES string of the molecule is CCCCC/C=C\C=C\CCCCCCCCC(CCCCCCC/C=C/C/C=C\CCCCC)OC(=O)CCCN(C)C(C)C. The smallest absolute Gasteiger partial charge is 0.306 e. The minimum absolute atomic E-state index is 0.00797. The topological polar surface area (TPSA) is 29.5 Å². The first-order chi connectivity index (χ1) is 22.5. The van der Waals surface area contributed by atoms with Crippen LogP contribution in [0.4, 0.5) is 0 Å². The zero-order valence-corrected chi connectivity index (χ0v) is 31.6. The molecule has 46 heavy (non-hydrogen) atoms. The predicted molar refractivity (Wildman–Crippen MR) is 206 cm³/mol. The number of allylic oxidation sites excluding steroid dienone is 8. The molecule has 3 heteroatoms. The van der Waals surface area contributed by atoms with E-state index >= 15 is 0 Å². The van der Waals surface area contributed by atoms with Crippen molar-refractivity contribution in [3.8, 4) is 0 Å². The molecule has 3 nitrogen and oxygen atoms in total. The molecule has 268 valence electrons. The van der Waals surface area contributed by atoms with Crippen LogP contribution in [-0.2, 0) is 9.53 Å². The van der Waals surface area contributed by atoms with Gasteiger partial charge in [0.15, 0.2) is 0 Å². The van der Waals surface area contributed by atoms with E-state index in [4.69, 9.17) is 4.74 Å². The number of hydrogen-bond acceptors (Lipinski definition) is 3. The quantitative estimate of drug-likeness (QED) is 0.0303. The average molecular weight is 642 g/mol. The summed E-state index contributed by atoms with van der Waals surface area (Å²) in [6.07, 6.45) is 49.8. The highest BCUT2D eigenvalue weighted by Gasteiger charge is 2.15. The number of ether oxygens (including phenoxy) is 1. The van der Waals surface area contributed by atoms with Crippen molar-refractivity contribution in [3.63, 3.8) is 0 Å². The van der Waals surface area contributed by atoms with Crippen molar-refractivity contribution in [3.05, 3.63) is 48.6 Å². The molecule has 0 aliphatic rings. The van der Waals surface area contributed by atoms with Gasteiger partial charge in [0.05, 0.1) is 0 Å². The Hall–Kier alpha value is -1.61. The Bertz CT molecular complexity index is 750. The van der Waals surface area contributed by atoms with Gasteiger partial charge in [0.25, 0.3) is 0 Å². The lowest BCUT2D eigenvalue weighted by Crippen LogP contribution is -2.28. The molecular weight excluding hydrogens is 562 g/mol. The van der Waals surface area contributed by atoms with Gasteiger partial charge < -0.3 is 9.64 Å². The van der Waals surface area contributed by atoms with E-state index in [-0.39, 0.29) is 12.1 Å². The van der Waals surface area contributed by atoms with Gasteiger partial charge in [-0.15, -0.1) is 0 Å². The Morgan fingerprint density at radius 3 is 1.48 bits per heavy atom. The van der Waals surface area contributed by atoms with Gasteiger partial charge in [-0.25, -0.2) is 0 Å². The number of nitrogens with zero attached hydrogens (tertiary/aromatic N) is 1. The second kappa shape index (κ2) is 36.2. The fraction of sp³-hybridized carbons (Fsp3) is 0.791.